The summed E-state index contributed by atoms with van der Waals surface area (Å²) in [6.45, 7) is 1.24. The molecule has 1 aromatic carbocycles. The fourth-order valence-electron chi connectivity index (χ4n) is 2.83. The van der Waals surface area contributed by atoms with Gasteiger partial charge in [0, 0.05) is 49.0 Å². The molecule has 1 aromatic heterocycles. The molecule has 2 heterocycles. The Kier molecular flexibility index (Phi) is 3.80. The number of benzene rings is 1. The van der Waals surface area contributed by atoms with Crippen LogP contribution in [0.4, 0.5) is 18.9 Å². The van der Waals surface area contributed by atoms with E-state index in [-0.39, 0.29) is 13.1 Å². The quantitative estimate of drug-likeness (QED) is 0.907. The molecule has 0 saturated carbocycles. The van der Waals surface area contributed by atoms with Gasteiger partial charge >= 0.3 is 6.18 Å². The Morgan fingerprint density at radius 3 is 2.35 bits per heavy atom. The minimum atomic E-state index is -4.43. The highest BCUT2D eigenvalue weighted by Crippen LogP contribution is 2.36. The van der Waals surface area contributed by atoms with Gasteiger partial charge in [0.05, 0.1) is 11.8 Å². The lowest BCUT2D eigenvalue weighted by atomic mass is 10.1. The van der Waals surface area contributed by atoms with Crippen molar-refractivity contribution in [3.05, 3.63) is 30.0 Å². The van der Waals surface area contributed by atoms with Gasteiger partial charge in [-0.1, -0.05) is 0 Å². The Morgan fingerprint density at radius 2 is 1.78 bits per heavy atom. The summed E-state index contributed by atoms with van der Waals surface area (Å²) in [7, 11) is -3.27. The number of fused-ring (bicyclic) bond motifs is 1. The van der Waals surface area contributed by atoms with Crippen molar-refractivity contribution in [2.75, 3.05) is 37.3 Å². The largest absolute Gasteiger partial charge is 0.416 e. The van der Waals surface area contributed by atoms with Gasteiger partial charge in [0.1, 0.15) is 0 Å². The minimum absolute atomic E-state index is 0.265. The summed E-state index contributed by atoms with van der Waals surface area (Å²) in [4.78, 5) is 4.61. The smallest absolute Gasteiger partial charge is 0.368 e. The van der Waals surface area contributed by atoms with E-state index in [0.29, 0.717) is 29.7 Å². The molecule has 5 nitrogen and oxygen atoms in total. The van der Waals surface area contributed by atoms with Gasteiger partial charge in [0.2, 0.25) is 10.0 Å². The predicted molar refractivity (Wildman–Crippen MR) is 81.9 cm³/mol. The molecule has 126 valence electrons. The number of aromatic nitrogens is 1. The normalized spacial score (nSPS) is 17.8. The van der Waals surface area contributed by atoms with Crippen LogP contribution >= 0.6 is 0 Å². The second-order valence-corrected chi connectivity index (χ2v) is 7.56. The van der Waals surface area contributed by atoms with Gasteiger partial charge in [-0.2, -0.15) is 17.5 Å². The minimum Gasteiger partial charge on any atom is -0.368 e. The Morgan fingerprint density at radius 1 is 1.13 bits per heavy atom. The van der Waals surface area contributed by atoms with Crippen molar-refractivity contribution in [2.24, 2.45) is 0 Å². The number of nitrogens with one attached hydrogen (secondary N) is 1. The van der Waals surface area contributed by atoms with Crippen LogP contribution in [-0.4, -0.2) is 50.1 Å². The summed E-state index contributed by atoms with van der Waals surface area (Å²) in [6, 6.07) is 3.95. The van der Waals surface area contributed by atoms with E-state index in [9.17, 15) is 21.6 Å². The van der Waals surface area contributed by atoms with Crippen molar-refractivity contribution in [1.82, 2.24) is 9.29 Å². The molecular weight excluding hydrogens is 331 g/mol. The van der Waals surface area contributed by atoms with Crippen LogP contribution in [0.15, 0.2) is 24.4 Å². The first kappa shape index (κ1) is 16.1. The van der Waals surface area contributed by atoms with Crippen LogP contribution in [0.2, 0.25) is 0 Å². The first-order chi connectivity index (χ1) is 10.7. The van der Waals surface area contributed by atoms with Crippen molar-refractivity contribution in [3.63, 3.8) is 0 Å². The van der Waals surface area contributed by atoms with E-state index in [0.717, 1.165) is 18.4 Å². The standard InChI is InChI=1S/C14H16F3N3O2S/c1-23(21,22)20-6-4-19(5-7-20)13-9-10(14(15,16)17)8-12-11(13)2-3-18-12/h2-3,8-9,18H,4-7H2,1H3. The summed E-state index contributed by atoms with van der Waals surface area (Å²) in [6.07, 6.45) is -1.69. The van der Waals surface area contributed by atoms with E-state index in [1.807, 2.05) is 0 Å². The molecule has 0 aliphatic carbocycles. The van der Waals surface area contributed by atoms with E-state index < -0.39 is 21.8 Å². The highest BCUT2D eigenvalue weighted by Gasteiger charge is 2.33. The van der Waals surface area contributed by atoms with E-state index in [4.69, 9.17) is 0 Å². The lowest BCUT2D eigenvalue weighted by Gasteiger charge is -2.35. The van der Waals surface area contributed by atoms with Gasteiger partial charge in [-0.3, -0.25) is 0 Å². The van der Waals surface area contributed by atoms with Crippen LogP contribution in [0.5, 0.6) is 0 Å². The van der Waals surface area contributed by atoms with Crippen LogP contribution in [0.25, 0.3) is 10.9 Å². The summed E-state index contributed by atoms with van der Waals surface area (Å²) in [5.74, 6) is 0. The first-order valence-corrected chi connectivity index (χ1v) is 8.89. The van der Waals surface area contributed by atoms with Crippen molar-refractivity contribution < 1.29 is 21.6 Å². The highest BCUT2D eigenvalue weighted by molar-refractivity contribution is 7.88. The summed E-state index contributed by atoms with van der Waals surface area (Å²) in [5.41, 5.74) is 0.178. The van der Waals surface area contributed by atoms with Crippen LogP contribution in [0.3, 0.4) is 0 Å². The molecule has 0 radical (unpaired) electrons. The zero-order valence-corrected chi connectivity index (χ0v) is 13.2. The zero-order valence-electron chi connectivity index (χ0n) is 12.4. The second kappa shape index (κ2) is 5.41. The Labute approximate surface area is 131 Å². The Balaban J connectivity index is 1.95. The highest BCUT2D eigenvalue weighted by atomic mass is 32.2. The van der Waals surface area contributed by atoms with E-state index >= 15 is 0 Å². The fraction of sp³-hybridized carbons (Fsp3) is 0.429. The number of hydrogen-bond acceptors (Lipinski definition) is 3. The molecule has 3 rings (SSSR count). The third-order valence-electron chi connectivity index (χ3n) is 4.02. The summed E-state index contributed by atoms with van der Waals surface area (Å²) >= 11 is 0. The monoisotopic (exact) mass is 347 g/mol. The summed E-state index contributed by atoms with van der Waals surface area (Å²) < 4.78 is 63.6. The maximum Gasteiger partial charge on any atom is 0.416 e. The second-order valence-electron chi connectivity index (χ2n) is 5.58. The van der Waals surface area contributed by atoms with Gasteiger partial charge in [-0.15, -0.1) is 0 Å². The molecule has 0 bridgehead atoms. The molecule has 9 heteroatoms. The molecular formula is C14H16F3N3O2S. The zero-order chi connectivity index (χ0) is 16.8. The number of rotatable bonds is 2. The lowest BCUT2D eigenvalue weighted by molar-refractivity contribution is -0.137. The molecule has 0 spiro atoms. The fourth-order valence-corrected chi connectivity index (χ4v) is 3.66. The van der Waals surface area contributed by atoms with Gasteiger partial charge in [-0.05, 0) is 18.2 Å². The predicted octanol–water partition coefficient (Wildman–Crippen LogP) is 2.27. The Bertz CT molecular complexity index is 821. The van der Waals surface area contributed by atoms with Crippen molar-refractivity contribution in [2.45, 2.75) is 6.18 Å². The molecule has 0 unspecified atom stereocenters. The number of hydrogen-bond donors (Lipinski definition) is 1. The van der Waals surface area contributed by atoms with Crippen LogP contribution < -0.4 is 4.90 Å². The van der Waals surface area contributed by atoms with Crippen LogP contribution in [-0.2, 0) is 16.2 Å². The van der Waals surface area contributed by atoms with Crippen molar-refractivity contribution in [1.29, 1.82) is 0 Å². The number of nitrogens with zero attached hydrogens (tertiary/aromatic N) is 2. The average molecular weight is 347 g/mol. The lowest BCUT2D eigenvalue weighted by Crippen LogP contribution is -2.48. The van der Waals surface area contributed by atoms with Crippen LogP contribution in [0.1, 0.15) is 5.56 Å². The molecule has 0 atom stereocenters. The van der Waals surface area contributed by atoms with E-state index in [2.05, 4.69) is 4.98 Å². The average Bonchev–Trinajstić information content (AvgIpc) is 2.93. The van der Waals surface area contributed by atoms with Crippen molar-refractivity contribution in [3.8, 4) is 0 Å². The van der Waals surface area contributed by atoms with Crippen LogP contribution in [0, 0.1) is 0 Å². The molecule has 23 heavy (non-hydrogen) atoms. The number of anilines is 1. The van der Waals surface area contributed by atoms with E-state index in [1.54, 1.807) is 17.2 Å². The SMILES string of the molecule is CS(=O)(=O)N1CCN(c2cc(C(F)(F)F)cc3[nH]ccc23)CC1. The molecule has 0 amide bonds. The molecule has 1 aliphatic heterocycles. The van der Waals surface area contributed by atoms with Crippen molar-refractivity contribution >= 4 is 26.6 Å². The molecule has 1 N–H and O–H groups in total. The third kappa shape index (κ3) is 3.16. The summed E-state index contributed by atoms with van der Waals surface area (Å²) in [5, 5.41) is 0.700. The van der Waals surface area contributed by atoms with Gasteiger partial charge < -0.3 is 9.88 Å². The number of sulfonamides is 1. The third-order valence-corrected chi connectivity index (χ3v) is 5.33. The van der Waals surface area contributed by atoms with Gasteiger partial charge in [-0.25, -0.2) is 8.42 Å². The Hall–Kier alpha value is -1.74. The maximum atomic E-state index is 13.1. The molecule has 1 fully saturated rings. The van der Waals surface area contributed by atoms with Gasteiger partial charge in [0.15, 0.2) is 0 Å². The molecule has 2 aromatic rings. The molecule has 1 saturated heterocycles. The number of piperazine rings is 1. The maximum absolute atomic E-state index is 13.1. The first-order valence-electron chi connectivity index (χ1n) is 7.05. The molecule has 1 aliphatic rings. The number of H-pyrrole nitrogens is 1. The number of halogens is 3. The number of aromatic amines is 1. The topological polar surface area (TPSA) is 56.4 Å². The van der Waals surface area contributed by atoms with Gasteiger partial charge in [0.25, 0.3) is 0 Å². The van der Waals surface area contributed by atoms with E-state index in [1.165, 1.54) is 4.31 Å². The number of alkyl halides is 3.